The Morgan fingerprint density at radius 2 is 1.43 bits per heavy atom. The molecular formula is C33H62OSi. The van der Waals surface area contributed by atoms with Crippen molar-refractivity contribution in [3.63, 3.8) is 0 Å². The molecule has 0 aromatic heterocycles. The predicted octanol–water partition coefficient (Wildman–Crippen LogP) is 10.5. The van der Waals surface area contributed by atoms with Crippen molar-refractivity contribution in [2.75, 3.05) is 0 Å². The first kappa shape index (κ1) is 28.2. The molecule has 1 nitrogen and oxygen atoms in total. The summed E-state index contributed by atoms with van der Waals surface area (Å²) in [7, 11) is -1.48. The van der Waals surface area contributed by atoms with Crippen LogP contribution in [0.4, 0.5) is 0 Å². The van der Waals surface area contributed by atoms with Crippen molar-refractivity contribution < 1.29 is 4.43 Å². The van der Waals surface area contributed by atoms with Gasteiger partial charge in [-0.1, -0.05) is 74.7 Å². The topological polar surface area (TPSA) is 9.23 Å². The van der Waals surface area contributed by atoms with Crippen LogP contribution in [-0.4, -0.2) is 14.4 Å². The molecule has 0 amide bonds. The lowest BCUT2D eigenvalue weighted by Gasteiger charge is -2.61. The van der Waals surface area contributed by atoms with Gasteiger partial charge in [0.15, 0.2) is 8.32 Å². The van der Waals surface area contributed by atoms with Gasteiger partial charge in [0.05, 0.1) is 0 Å². The quantitative estimate of drug-likeness (QED) is 0.270. The second-order valence-electron chi connectivity index (χ2n) is 14.9. The van der Waals surface area contributed by atoms with Gasteiger partial charge < -0.3 is 4.43 Å². The summed E-state index contributed by atoms with van der Waals surface area (Å²) in [6, 6.07) is 3.92. The Hall–Kier alpha value is 0.177. The Bertz CT molecular complexity index is 676. The van der Waals surface area contributed by atoms with Crippen molar-refractivity contribution >= 4 is 8.32 Å². The molecule has 0 aromatic rings. The van der Waals surface area contributed by atoms with Crippen molar-refractivity contribution in [2.24, 2.45) is 52.3 Å². The van der Waals surface area contributed by atoms with Crippen LogP contribution in [0.25, 0.3) is 0 Å². The summed E-state index contributed by atoms with van der Waals surface area (Å²) in [5, 5.41) is 0. The largest absolute Gasteiger partial charge is 0.414 e. The minimum absolute atomic E-state index is 0.576. The average molecular weight is 503 g/mol. The molecule has 2 heteroatoms. The lowest BCUT2D eigenvalue weighted by atomic mass is 9.44. The van der Waals surface area contributed by atoms with E-state index in [-0.39, 0.29) is 0 Å². The van der Waals surface area contributed by atoms with Crippen LogP contribution in [-0.2, 0) is 4.43 Å². The van der Waals surface area contributed by atoms with E-state index in [9.17, 15) is 0 Å². The zero-order valence-electron chi connectivity index (χ0n) is 25.1. The van der Waals surface area contributed by atoms with E-state index in [1.165, 1.54) is 88.8 Å². The van der Waals surface area contributed by atoms with E-state index >= 15 is 0 Å². The van der Waals surface area contributed by atoms with Crippen LogP contribution in [0.5, 0.6) is 0 Å². The van der Waals surface area contributed by atoms with Gasteiger partial charge in [-0.25, -0.2) is 0 Å². The molecule has 9 atom stereocenters. The van der Waals surface area contributed by atoms with Crippen LogP contribution < -0.4 is 0 Å². The molecule has 0 spiro atoms. The summed E-state index contributed by atoms with van der Waals surface area (Å²) >= 11 is 0. The summed E-state index contributed by atoms with van der Waals surface area (Å²) < 4.78 is 7.07. The summed E-state index contributed by atoms with van der Waals surface area (Å²) in [4.78, 5) is 0. The molecule has 4 aliphatic carbocycles. The maximum Gasteiger partial charge on any atom is 0.192 e. The second-order valence-corrected chi connectivity index (χ2v) is 19.7. The normalized spacial score (nSPS) is 42.4. The molecule has 4 saturated carbocycles. The molecular weight excluding hydrogens is 440 g/mol. The second kappa shape index (κ2) is 11.1. The lowest BCUT2D eigenvalue weighted by Crippen LogP contribution is -2.55. The first-order valence-corrected chi connectivity index (χ1v) is 18.8. The first-order valence-electron chi connectivity index (χ1n) is 16.3. The van der Waals surface area contributed by atoms with E-state index in [2.05, 4.69) is 55.4 Å². The van der Waals surface area contributed by atoms with Crippen LogP contribution in [0.2, 0.25) is 18.1 Å². The molecule has 0 aliphatic heterocycles. The highest BCUT2D eigenvalue weighted by molar-refractivity contribution is 6.73. The summed E-state index contributed by atoms with van der Waals surface area (Å²) in [5.74, 6) is 6.76. The van der Waals surface area contributed by atoms with Crippen molar-refractivity contribution in [2.45, 2.75) is 157 Å². The van der Waals surface area contributed by atoms with Gasteiger partial charge in [0, 0.05) is 6.10 Å². The molecule has 0 N–H and O–H groups in total. The molecule has 0 bridgehead atoms. The maximum atomic E-state index is 7.07. The third kappa shape index (κ3) is 5.24. The van der Waals surface area contributed by atoms with E-state index in [0.29, 0.717) is 16.9 Å². The van der Waals surface area contributed by atoms with Crippen molar-refractivity contribution in [1.29, 1.82) is 0 Å². The lowest BCUT2D eigenvalue weighted by molar-refractivity contribution is -0.127. The van der Waals surface area contributed by atoms with Gasteiger partial charge in [-0.3, -0.25) is 0 Å². The van der Waals surface area contributed by atoms with E-state index < -0.39 is 8.32 Å². The SMILES string of the molecule is CC[Si](CC)(CC)O[C@H]1CC[C@@]2(C)[C@@H](CC[C@@H]3[C@@H]2CC[C@]2(C)[C@@H]([C@H](C)CCCC(C)C)CC[C@@H]32)C1. The fraction of sp³-hybridized carbons (Fsp3) is 1.00. The van der Waals surface area contributed by atoms with Crippen LogP contribution in [0.1, 0.15) is 132 Å². The van der Waals surface area contributed by atoms with Crippen molar-refractivity contribution in [1.82, 2.24) is 0 Å². The Labute approximate surface area is 221 Å². The van der Waals surface area contributed by atoms with Crippen LogP contribution >= 0.6 is 0 Å². The Balaban J connectivity index is 1.41. The van der Waals surface area contributed by atoms with Crippen LogP contribution in [0.3, 0.4) is 0 Å². The Morgan fingerprint density at radius 3 is 2.09 bits per heavy atom. The fourth-order valence-electron chi connectivity index (χ4n) is 10.7. The van der Waals surface area contributed by atoms with E-state index in [4.69, 9.17) is 4.43 Å². The molecule has 0 saturated heterocycles. The molecule has 0 aromatic carbocycles. The smallest absolute Gasteiger partial charge is 0.192 e. The van der Waals surface area contributed by atoms with Gasteiger partial charge in [-0.05, 0) is 128 Å². The van der Waals surface area contributed by atoms with Gasteiger partial charge in [-0.15, -0.1) is 0 Å². The number of hydrogen-bond acceptors (Lipinski definition) is 1. The molecule has 0 heterocycles. The minimum atomic E-state index is -1.48. The van der Waals surface area contributed by atoms with Gasteiger partial charge in [0.1, 0.15) is 0 Å². The number of rotatable bonds is 10. The highest BCUT2D eigenvalue weighted by Crippen LogP contribution is 2.68. The third-order valence-electron chi connectivity index (χ3n) is 13.2. The highest BCUT2D eigenvalue weighted by atomic mass is 28.4. The number of fused-ring (bicyclic) bond motifs is 5. The van der Waals surface area contributed by atoms with Crippen LogP contribution in [0, 0.1) is 52.3 Å². The van der Waals surface area contributed by atoms with Gasteiger partial charge in [0.2, 0.25) is 0 Å². The molecule has 204 valence electrons. The summed E-state index contributed by atoms with van der Waals surface area (Å²) in [6.45, 7) is 20.1. The fourth-order valence-corrected chi connectivity index (χ4v) is 13.6. The van der Waals surface area contributed by atoms with Crippen molar-refractivity contribution in [3.8, 4) is 0 Å². The third-order valence-corrected chi connectivity index (χ3v) is 17.9. The summed E-state index contributed by atoms with van der Waals surface area (Å²) in [5.41, 5.74) is 1.23. The highest BCUT2D eigenvalue weighted by Gasteiger charge is 2.60. The first-order chi connectivity index (χ1) is 16.6. The van der Waals surface area contributed by atoms with Gasteiger partial charge >= 0.3 is 0 Å². The number of hydrogen-bond donors (Lipinski definition) is 0. The monoisotopic (exact) mass is 502 g/mol. The average Bonchev–Trinajstić information content (AvgIpc) is 3.20. The molecule has 0 unspecified atom stereocenters. The Kier molecular flexibility index (Phi) is 8.95. The maximum absolute atomic E-state index is 7.07. The Morgan fingerprint density at radius 1 is 0.771 bits per heavy atom. The predicted molar refractivity (Wildman–Crippen MR) is 155 cm³/mol. The zero-order valence-corrected chi connectivity index (χ0v) is 26.1. The molecule has 4 rings (SSSR count). The van der Waals surface area contributed by atoms with E-state index in [1.54, 1.807) is 6.42 Å². The summed E-state index contributed by atoms with van der Waals surface area (Å²) in [6.07, 6.45) is 18.3. The standard InChI is InChI=1S/C33H62OSi/c1-9-35(10-2,11-3)34-27-19-21-32(7)26(23-27)15-16-28-30-18-17-29(25(6)14-12-13-24(4)5)33(30,8)22-20-31(28)32/h24-31H,9-23H2,1-8H3/t25-,26+,27+,28+,29-,30+,31+,32+,33-/m1/s1. The molecule has 35 heavy (non-hydrogen) atoms. The van der Waals surface area contributed by atoms with Crippen LogP contribution in [0.15, 0.2) is 0 Å². The zero-order chi connectivity index (χ0) is 25.4. The van der Waals surface area contributed by atoms with Gasteiger partial charge in [-0.2, -0.15) is 0 Å². The van der Waals surface area contributed by atoms with E-state index in [0.717, 1.165) is 41.4 Å². The van der Waals surface area contributed by atoms with Gasteiger partial charge in [0.25, 0.3) is 0 Å². The molecule has 4 fully saturated rings. The van der Waals surface area contributed by atoms with E-state index in [1.807, 2.05) is 0 Å². The molecule has 0 radical (unpaired) electrons. The van der Waals surface area contributed by atoms with Crippen molar-refractivity contribution in [3.05, 3.63) is 0 Å². The minimum Gasteiger partial charge on any atom is -0.414 e. The molecule has 4 aliphatic rings.